The molecule has 2 rings (SSSR count). The van der Waals surface area contributed by atoms with Crippen LogP contribution in [0.15, 0.2) is 17.1 Å². The van der Waals surface area contributed by atoms with Gasteiger partial charge in [-0.3, -0.25) is 4.99 Å². The summed E-state index contributed by atoms with van der Waals surface area (Å²) in [6.45, 7) is 1.59. The Morgan fingerprint density at radius 1 is 1.47 bits per heavy atom. The van der Waals surface area contributed by atoms with E-state index in [0.29, 0.717) is 21.9 Å². The van der Waals surface area contributed by atoms with Gasteiger partial charge in [-0.1, -0.05) is 0 Å². The van der Waals surface area contributed by atoms with Gasteiger partial charge in [0.25, 0.3) is 0 Å². The number of rotatable bonds is 2. The maximum atomic E-state index is 10.8. The number of phenols is 2. The molecule has 0 saturated carbocycles. The van der Waals surface area contributed by atoms with Crippen LogP contribution >= 0.6 is 11.8 Å². The predicted molar refractivity (Wildman–Crippen MR) is 64.9 cm³/mol. The second-order valence-corrected chi connectivity index (χ2v) is 4.71. The number of thioether (sulfide) groups is 1. The summed E-state index contributed by atoms with van der Waals surface area (Å²) >= 11 is 1.29. The van der Waals surface area contributed by atoms with Crippen molar-refractivity contribution in [3.05, 3.63) is 23.3 Å². The predicted octanol–water partition coefficient (Wildman–Crippen LogP) is 1.35. The molecule has 1 aromatic carbocycles. The molecule has 90 valence electrons. The van der Waals surface area contributed by atoms with Gasteiger partial charge in [-0.15, -0.1) is 11.8 Å². The maximum Gasteiger partial charge on any atom is 0.329 e. The summed E-state index contributed by atoms with van der Waals surface area (Å²) in [4.78, 5) is 14.8. The number of carbonyl (C=O) groups is 1. The molecular weight excluding hydrogens is 242 g/mol. The van der Waals surface area contributed by atoms with Crippen molar-refractivity contribution in [2.75, 3.05) is 5.75 Å². The summed E-state index contributed by atoms with van der Waals surface area (Å²) in [6.07, 6.45) is 0. The highest BCUT2D eigenvalue weighted by atomic mass is 32.2. The fourth-order valence-corrected chi connectivity index (χ4v) is 2.56. The molecule has 0 aliphatic carbocycles. The van der Waals surface area contributed by atoms with E-state index in [9.17, 15) is 15.0 Å². The summed E-state index contributed by atoms with van der Waals surface area (Å²) < 4.78 is 0. The summed E-state index contributed by atoms with van der Waals surface area (Å²) in [6, 6.07) is 2.23. The minimum absolute atomic E-state index is 0.00429. The second kappa shape index (κ2) is 4.29. The Kier molecular flexibility index (Phi) is 2.97. The van der Waals surface area contributed by atoms with Crippen LogP contribution in [0.25, 0.3) is 0 Å². The van der Waals surface area contributed by atoms with E-state index in [2.05, 4.69) is 4.99 Å². The minimum Gasteiger partial charge on any atom is -0.508 e. The molecule has 0 spiro atoms. The normalized spacial score (nSPS) is 19.1. The Hall–Kier alpha value is -1.69. The standard InChI is InChI=1S/C11H11NO4S/c1-5-8(13)3-2-6(9(5)14)10-12-7(4-17-10)11(15)16/h2-3,7,13-14H,4H2,1H3,(H,15,16)/t7-/m1/s1. The molecule has 17 heavy (non-hydrogen) atoms. The molecule has 5 nitrogen and oxygen atoms in total. The van der Waals surface area contributed by atoms with Crippen molar-refractivity contribution >= 4 is 22.8 Å². The largest absolute Gasteiger partial charge is 0.508 e. The van der Waals surface area contributed by atoms with E-state index in [1.54, 1.807) is 6.92 Å². The Labute approximate surface area is 102 Å². The summed E-state index contributed by atoms with van der Waals surface area (Å²) in [5.74, 6) is -0.654. The molecule has 1 aliphatic rings. The lowest BCUT2D eigenvalue weighted by molar-refractivity contribution is -0.137. The van der Waals surface area contributed by atoms with E-state index >= 15 is 0 Å². The van der Waals surface area contributed by atoms with E-state index < -0.39 is 12.0 Å². The quantitative estimate of drug-likeness (QED) is 0.740. The second-order valence-electron chi connectivity index (χ2n) is 3.71. The lowest BCUT2D eigenvalue weighted by Crippen LogP contribution is -2.17. The number of carboxylic acids is 1. The van der Waals surface area contributed by atoms with Crippen LogP contribution in [-0.2, 0) is 4.79 Å². The number of nitrogens with zero attached hydrogens (tertiary/aromatic N) is 1. The SMILES string of the molecule is Cc1c(O)ccc(C2=N[C@@H](C(=O)O)CS2)c1O. The monoisotopic (exact) mass is 253 g/mol. The van der Waals surface area contributed by atoms with Crippen molar-refractivity contribution in [2.45, 2.75) is 13.0 Å². The zero-order valence-corrected chi connectivity index (χ0v) is 9.86. The van der Waals surface area contributed by atoms with Crippen LogP contribution in [-0.4, -0.2) is 38.1 Å². The Morgan fingerprint density at radius 3 is 2.76 bits per heavy atom. The van der Waals surface area contributed by atoms with Crippen LogP contribution in [0.2, 0.25) is 0 Å². The molecule has 0 unspecified atom stereocenters. The third kappa shape index (κ3) is 2.08. The highest BCUT2D eigenvalue weighted by Crippen LogP contribution is 2.34. The van der Waals surface area contributed by atoms with Crippen molar-refractivity contribution in [1.29, 1.82) is 0 Å². The summed E-state index contributed by atoms with van der Waals surface area (Å²) in [5.41, 5.74) is 0.832. The number of aliphatic carboxylic acids is 1. The molecule has 1 heterocycles. The molecule has 0 amide bonds. The lowest BCUT2D eigenvalue weighted by atomic mass is 10.1. The highest BCUT2D eigenvalue weighted by molar-refractivity contribution is 8.14. The van der Waals surface area contributed by atoms with Gasteiger partial charge in [0.05, 0.1) is 0 Å². The first-order chi connectivity index (χ1) is 8.00. The van der Waals surface area contributed by atoms with Gasteiger partial charge in [0.15, 0.2) is 6.04 Å². The third-order valence-electron chi connectivity index (χ3n) is 2.57. The fraction of sp³-hybridized carbons (Fsp3) is 0.273. The average Bonchev–Trinajstić information content (AvgIpc) is 2.75. The van der Waals surface area contributed by atoms with Gasteiger partial charge in [-0.25, -0.2) is 4.79 Å². The first-order valence-corrected chi connectivity index (χ1v) is 5.94. The van der Waals surface area contributed by atoms with Gasteiger partial charge in [0.1, 0.15) is 16.5 Å². The van der Waals surface area contributed by atoms with Gasteiger partial charge in [0.2, 0.25) is 0 Å². The first-order valence-electron chi connectivity index (χ1n) is 4.96. The van der Waals surface area contributed by atoms with Gasteiger partial charge in [0, 0.05) is 16.9 Å². The molecule has 1 aliphatic heterocycles. The molecular formula is C11H11NO4S. The highest BCUT2D eigenvalue weighted by Gasteiger charge is 2.27. The van der Waals surface area contributed by atoms with E-state index in [0.717, 1.165) is 0 Å². The lowest BCUT2D eigenvalue weighted by Gasteiger charge is -2.07. The molecule has 0 saturated heterocycles. The molecule has 0 aromatic heterocycles. The van der Waals surface area contributed by atoms with Crippen molar-refractivity contribution in [1.82, 2.24) is 0 Å². The number of phenolic OH excluding ortho intramolecular Hbond substituents is 2. The van der Waals surface area contributed by atoms with Crippen LogP contribution in [0.3, 0.4) is 0 Å². The number of aromatic hydroxyl groups is 2. The van der Waals surface area contributed by atoms with E-state index in [1.807, 2.05) is 0 Å². The number of carboxylic acid groups (broad SMARTS) is 1. The number of benzene rings is 1. The molecule has 0 bridgehead atoms. The molecule has 0 fully saturated rings. The zero-order valence-electron chi connectivity index (χ0n) is 9.04. The first kappa shape index (κ1) is 11.8. The van der Waals surface area contributed by atoms with E-state index in [1.165, 1.54) is 23.9 Å². The van der Waals surface area contributed by atoms with Crippen LogP contribution < -0.4 is 0 Å². The Balaban J connectivity index is 2.40. The smallest absolute Gasteiger partial charge is 0.329 e. The zero-order chi connectivity index (χ0) is 12.6. The van der Waals surface area contributed by atoms with Crippen LogP contribution in [0.4, 0.5) is 0 Å². The molecule has 3 N–H and O–H groups in total. The maximum absolute atomic E-state index is 10.8. The fourth-order valence-electron chi connectivity index (χ4n) is 1.51. The number of aliphatic imine (C=N–C) groups is 1. The van der Waals surface area contributed by atoms with E-state index in [4.69, 9.17) is 5.11 Å². The Morgan fingerprint density at radius 2 is 2.18 bits per heavy atom. The number of hydrogen-bond acceptors (Lipinski definition) is 5. The topological polar surface area (TPSA) is 90.1 Å². The van der Waals surface area contributed by atoms with Gasteiger partial charge < -0.3 is 15.3 Å². The van der Waals surface area contributed by atoms with Crippen molar-refractivity contribution < 1.29 is 20.1 Å². The molecule has 0 radical (unpaired) electrons. The van der Waals surface area contributed by atoms with Crippen molar-refractivity contribution in [3.63, 3.8) is 0 Å². The van der Waals surface area contributed by atoms with Gasteiger partial charge >= 0.3 is 5.97 Å². The van der Waals surface area contributed by atoms with Crippen molar-refractivity contribution in [3.8, 4) is 11.5 Å². The molecule has 1 atom stereocenters. The van der Waals surface area contributed by atoms with Gasteiger partial charge in [-0.2, -0.15) is 0 Å². The summed E-state index contributed by atoms with van der Waals surface area (Å²) in [5, 5.41) is 28.6. The Bertz CT molecular complexity index is 512. The van der Waals surface area contributed by atoms with Crippen LogP contribution in [0.1, 0.15) is 11.1 Å². The van der Waals surface area contributed by atoms with E-state index in [-0.39, 0.29) is 11.5 Å². The summed E-state index contributed by atoms with van der Waals surface area (Å²) in [7, 11) is 0. The third-order valence-corrected chi connectivity index (χ3v) is 3.65. The van der Waals surface area contributed by atoms with Gasteiger partial charge in [-0.05, 0) is 19.1 Å². The molecule has 6 heteroatoms. The van der Waals surface area contributed by atoms with Crippen LogP contribution in [0.5, 0.6) is 11.5 Å². The molecule has 1 aromatic rings. The number of hydrogen-bond donors (Lipinski definition) is 3. The minimum atomic E-state index is -0.970. The average molecular weight is 253 g/mol. The van der Waals surface area contributed by atoms with Crippen molar-refractivity contribution in [2.24, 2.45) is 4.99 Å². The van der Waals surface area contributed by atoms with Crippen LogP contribution in [0, 0.1) is 6.92 Å².